The van der Waals surface area contributed by atoms with Gasteiger partial charge in [0.25, 0.3) is 0 Å². The van der Waals surface area contributed by atoms with E-state index in [9.17, 15) is 9.18 Å². The van der Waals surface area contributed by atoms with E-state index < -0.39 is 0 Å². The van der Waals surface area contributed by atoms with Gasteiger partial charge in [-0.2, -0.15) is 0 Å². The van der Waals surface area contributed by atoms with Crippen LogP contribution in [0.4, 0.5) is 10.1 Å². The van der Waals surface area contributed by atoms with Crippen LogP contribution in [0.15, 0.2) is 83.9 Å². The van der Waals surface area contributed by atoms with Gasteiger partial charge in [-0.3, -0.25) is 4.79 Å². The Labute approximate surface area is 196 Å². The van der Waals surface area contributed by atoms with Gasteiger partial charge in [-0.05, 0) is 24.3 Å². The molecule has 0 spiro atoms. The van der Waals surface area contributed by atoms with E-state index in [4.69, 9.17) is 0 Å². The summed E-state index contributed by atoms with van der Waals surface area (Å²) in [6, 6.07) is 24.6. The van der Waals surface area contributed by atoms with E-state index in [1.54, 1.807) is 12.1 Å². The molecule has 1 amide bonds. The van der Waals surface area contributed by atoms with E-state index in [1.807, 2.05) is 59.5 Å². The molecule has 1 saturated heterocycles. The third-order valence-corrected chi connectivity index (χ3v) is 6.82. The third-order valence-electron chi connectivity index (χ3n) is 5.86. The number of rotatable bonds is 5. The topological polar surface area (TPSA) is 49.3 Å². The molecule has 2 heterocycles. The Balaban J connectivity index is 1.25. The second kappa shape index (κ2) is 9.58. The van der Waals surface area contributed by atoms with Gasteiger partial charge in [-0.1, -0.05) is 66.4 Å². The molecule has 0 saturated carbocycles. The van der Waals surface area contributed by atoms with Gasteiger partial charge in [0.15, 0.2) is 0 Å². The maximum atomic E-state index is 13.2. The normalized spacial score (nSPS) is 14.0. The van der Waals surface area contributed by atoms with Crippen molar-refractivity contribution in [2.75, 3.05) is 36.8 Å². The first kappa shape index (κ1) is 21.4. The Hall–Kier alpha value is -3.45. The molecule has 7 heteroatoms. The highest BCUT2D eigenvalue weighted by atomic mass is 32.2. The van der Waals surface area contributed by atoms with Crippen LogP contribution in [0.25, 0.3) is 22.0 Å². The standard InChI is InChI=1S/C26H23FN4OS/c27-20-10-12-21(13-11-20)30-14-16-31(17-15-30)24(32)18-33-26-23-9-5-4-8-22(23)25(28-29-26)19-6-2-1-3-7-19/h1-13H,14-18H2. The lowest BCUT2D eigenvalue weighted by molar-refractivity contribution is -0.128. The first-order valence-corrected chi connectivity index (χ1v) is 11.9. The zero-order chi connectivity index (χ0) is 22.6. The fourth-order valence-corrected chi connectivity index (χ4v) is 4.96. The molecule has 5 nitrogen and oxygen atoms in total. The lowest BCUT2D eigenvalue weighted by Gasteiger charge is -2.36. The van der Waals surface area contributed by atoms with E-state index in [2.05, 4.69) is 15.1 Å². The quantitative estimate of drug-likeness (QED) is 0.399. The van der Waals surface area contributed by atoms with Gasteiger partial charge < -0.3 is 9.80 Å². The Bertz CT molecular complexity index is 1260. The number of nitrogens with zero attached hydrogens (tertiary/aromatic N) is 4. The molecule has 33 heavy (non-hydrogen) atoms. The number of carbonyl (C=O) groups is 1. The van der Waals surface area contributed by atoms with Crippen LogP contribution in [-0.2, 0) is 4.79 Å². The van der Waals surface area contributed by atoms with Crippen LogP contribution in [0.5, 0.6) is 0 Å². The molecule has 1 aromatic heterocycles. The molecule has 1 aliphatic heterocycles. The van der Waals surface area contributed by atoms with Gasteiger partial charge in [0.05, 0.1) is 5.75 Å². The number of thioether (sulfide) groups is 1. The number of hydrogen-bond acceptors (Lipinski definition) is 5. The van der Waals surface area contributed by atoms with Crippen molar-refractivity contribution in [3.63, 3.8) is 0 Å². The number of benzene rings is 3. The molecule has 0 bridgehead atoms. The van der Waals surface area contributed by atoms with Crippen molar-refractivity contribution >= 4 is 34.1 Å². The zero-order valence-corrected chi connectivity index (χ0v) is 18.8. The number of fused-ring (bicyclic) bond motifs is 1. The summed E-state index contributed by atoms with van der Waals surface area (Å²) in [4.78, 5) is 16.9. The van der Waals surface area contributed by atoms with Crippen molar-refractivity contribution in [3.8, 4) is 11.3 Å². The van der Waals surface area contributed by atoms with Crippen LogP contribution in [0.1, 0.15) is 0 Å². The van der Waals surface area contributed by atoms with Gasteiger partial charge in [-0.15, -0.1) is 10.2 Å². The summed E-state index contributed by atoms with van der Waals surface area (Å²) >= 11 is 1.43. The summed E-state index contributed by atoms with van der Waals surface area (Å²) in [5, 5.41) is 11.8. The highest BCUT2D eigenvalue weighted by Crippen LogP contribution is 2.31. The molecule has 0 unspecified atom stereocenters. The van der Waals surface area contributed by atoms with Gasteiger partial charge in [0.1, 0.15) is 16.5 Å². The summed E-state index contributed by atoms with van der Waals surface area (Å²) in [5.74, 6) is 0.175. The SMILES string of the molecule is O=C(CSc1nnc(-c2ccccc2)c2ccccc12)N1CCN(c2ccc(F)cc2)CC1. The van der Waals surface area contributed by atoms with Crippen molar-refractivity contribution in [2.45, 2.75) is 5.03 Å². The summed E-state index contributed by atoms with van der Waals surface area (Å²) < 4.78 is 13.2. The van der Waals surface area contributed by atoms with Crippen LogP contribution in [0.2, 0.25) is 0 Å². The van der Waals surface area contributed by atoms with Crippen LogP contribution in [-0.4, -0.2) is 52.9 Å². The molecule has 4 aromatic rings. The van der Waals surface area contributed by atoms with E-state index in [1.165, 1.54) is 23.9 Å². The van der Waals surface area contributed by atoms with Crippen LogP contribution >= 0.6 is 11.8 Å². The number of aromatic nitrogens is 2. The maximum absolute atomic E-state index is 13.2. The number of carbonyl (C=O) groups excluding carboxylic acids is 1. The Morgan fingerprint density at radius 3 is 2.21 bits per heavy atom. The molecular weight excluding hydrogens is 435 g/mol. The third kappa shape index (κ3) is 4.68. The van der Waals surface area contributed by atoms with Crippen molar-refractivity contribution in [3.05, 3.63) is 84.7 Å². The Morgan fingerprint density at radius 1 is 0.818 bits per heavy atom. The predicted octanol–water partition coefficient (Wildman–Crippen LogP) is 4.88. The molecule has 5 rings (SSSR count). The lowest BCUT2D eigenvalue weighted by atomic mass is 10.1. The zero-order valence-electron chi connectivity index (χ0n) is 18.0. The molecule has 0 radical (unpaired) electrons. The first-order valence-electron chi connectivity index (χ1n) is 10.9. The highest BCUT2D eigenvalue weighted by molar-refractivity contribution is 8.00. The summed E-state index contributed by atoms with van der Waals surface area (Å²) in [6.45, 7) is 2.76. The maximum Gasteiger partial charge on any atom is 0.233 e. The monoisotopic (exact) mass is 458 g/mol. The molecule has 0 atom stereocenters. The van der Waals surface area contributed by atoms with E-state index >= 15 is 0 Å². The summed E-state index contributed by atoms with van der Waals surface area (Å²) in [6.07, 6.45) is 0. The highest BCUT2D eigenvalue weighted by Gasteiger charge is 2.22. The van der Waals surface area contributed by atoms with E-state index in [0.717, 1.165) is 45.8 Å². The summed E-state index contributed by atoms with van der Waals surface area (Å²) in [7, 11) is 0. The number of anilines is 1. The van der Waals surface area contributed by atoms with Crippen LogP contribution < -0.4 is 4.90 Å². The van der Waals surface area contributed by atoms with Crippen molar-refractivity contribution < 1.29 is 9.18 Å². The smallest absolute Gasteiger partial charge is 0.233 e. The van der Waals surface area contributed by atoms with E-state index in [-0.39, 0.29) is 11.7 Å². The fraction of sp³-hybridized carbons (Fsp3) is 0.192. The predicted molar refractivity (Wildman–Crippen MR) is 131 cm³/mol. The van der Waals surface area contributed by atoms with Crippen LogP contribution in [0.3, 0.4) is 0 Å². The average molecular weight is 459 g/mol. The number of amides is 1. The first-order chi connectivity index (χ1) is 16.2. The van der Waals surface area contributed by atoms with Gasteiger partial charge >= 0.3 is 0 Å². The minimum absolute atomic E-state index is 0.0942. The number of halogens is 1. The number of hydrogen-bond donors (Lipinski definition) is 0. The molecule has 3 aromatic carbocycles. The van der Waals surface area contributed by atoms with Crippen molar-refractivity contribution in [2.24, 2.45) is 0 Å². The molecule has 1 fully saturated rings. The number of piperazine rings is 1. The van der Waals surface area contributed by atoms with Gasteiger partial charge in [0, 0.05) is 48.2 Å². The minimum Gasteiger partial charge on any atom is -0.368 e. The summed E-state index contributed by atoms with van der Waals surface area (Å²) in [5.41, 5.74) is 2.85. The molecular formula is C26H23FN4OS. The molecule has 166 valence electrons. The Morgan fingerprint density at radius 2 is 1.48 bits per heavy atom. The van der Waals surface area contributed by atoms with E-state index in [0.29, 0.717) is 18.8 Å². The Kier molecular flexibility index (Phi) is 6.21. The second-order valence-corrected chi connectivity index (χ2v) is 8.86. The second-order valence-electron chi connectivity index (χ2n) is 7.90. The van der Waals surface area contributed by atoms with Gasteiger partial charge in [-0.25, -0.2) is 4.39 Å². The molecule has 0 aliphatic carbocycles. The van der Waals surface area contributed by atoms with Crippen molar-refractivity contribution in [1.29, 1.82) is 0 Å². The van der Waals surface area contributed by atoms with Crippen LogP contribution in [0, 0.1) is 5.82 Å². The molecule has 1 aliphatic rings. The minimum atomic E-state index is -0.239. The van der Waals surface area contributed by atoms with Crippen molar-refractivity contribution in [1.82, 2.24) is 15.1 Å². The fourth-order valence-electron chi connectivity index (χ4n) is 4.08. The lowest BCUT2D eigenvalue weighted by Crippen LogP contribution is -2.49. The molecule has 0 N–H and O–H groups in total. The average Bonchev–Trinajstić information content (AvgIpc) is 2.88. The largest absolute Gasteiger partial charge is 0.368 e. The van der Waals surface area contributed by atoms with Gasteiger partial charge in [0.2, 0.25) is 5.91 Å².